The predicted octanol–water partition coefficient (Wildman–Crippen LogP) is 2.74. The van der Waals surface area contributed by atoms with E-state index in [1.165, 1.54) is 4.88 Å². The Kier molecular flexibility index (Phi) is 4.23. The summed E-state index contributed by atoms with van der Waals surface area (Å²) in [5.74, 6) is 0. The third-order valence-corrected chi connectivity index (χ3v) is 3.77. The van der Waals surface area contributed by atoms with Gasteiger partial charge in [0.1, 0.15) is 0 Å². The van der Waals surface area contributed by atoms with Crippen molar-refractivity contribution in [3.05, 3.63) is 46.2 Å². The van der Waals surface area contributed by atoms with Crippen LogP contribution in [0.4, 0.5) is 0 Å². The lowest BCUT2D eigenvalue weighted by molar-refractivity contribution is 0.565. The average molecular weight is 247 g/mol. The Balaban J connectivity index is 1.81. The third-order valence-electron chi connectivity index (χ3n) is 2.78. The molecular formula is C13H17N3S. The highest BCUT2D eigenvalue weighted by molar-refractivity contribution is 7.09. The van der Waals surface area contributed by atoms with Crippen LogP contribution in [-0.4, -0.2) is 16.5 Å². The summed E-state index contributed by atoms with van der Waals surface area (Å²) in [6, 6.07) is 6.31. The normalized spacial score (nSPS) is 12.6. The lowest BCUT2D eigenvalue weighted by atomic mass is 10.2. The summed E-state index contributed by atoms with van der Waals surface area (Å²) in [7, 11) is 0. The zero-order valence-electron chi connectivity index (χ0n) is 10.2. The highest BCUT2D eigenvalue weighted by Gasteiger charge is 2.06. The molecule has 0 aromatic carbocycles. The van der Waals surface area contributed by atoms with Crippen molar-refractivity contribution in [2.45, 2.75) is 26.3 Å². The van der Waals surface area contributed by atoms with Gasteiger partial charge in [0.15, 0.2) is 0 Å². The van der Waals surface area contributed by atoms with Crippen molar-refractivity contribution in [2.24, 2.45) is 0 Å². The van der Waals surface area contributed by atoms with E-state index in [1.807, 2.05) is 23.8 Å². The van der Waals surface area contributed by atoms with Crippen molar-refractivity contribution >= 4 is 11.3 Å². The first-order valence-corrected chi connectivity index (χ1v) is 6.68. The summed E-state index contributed by atoms with van der Waals surface area (Å²) in [4.78, 5) is 9.96. The molecule has 0 radical (unpaired) electrons. The maximum atomic E-state index is 4.34. The van der Waals surface area contributed by atoms with Crippen LogP contribution in [0.25, 0.3) is 0 Å². The molecule has 17 heavy (non-hydrogen) atoms. The van der Waals surface area contributed by atoms with Crippen LogP contribution in [-0.2, 0) is 6.42 Å². The summed E-state index contributed by atoms with van der Waals surface area (Å²) in [6.45, 7) is 5.16. The van der Waals surface area contributed by atoms with Gasteiger partial charge in [-0.1, -0.05) is 6.07 Å². The van der Waals surface area contributed by atoms with E-state index in [-0.39, 0.29) is 0 Å². The Hall–Kier alpha value is -1.26. The minimum absolute atomic E-state index is 0.296. The van der Waals surface area contributed by atoms with Crippen LogP contribution in [0.2, 0.25) is 0 Å². The zero-order chi connectivity index (χ0) is 12.1. The minimum atomic E-state index is 0.296. The number of hydrogen-bond acceptors (Lipinski definition) is 4. The van der Waals surface area contributed by atoms with E-state index in [9.17, 15) is 0 Å². The maximum absolute atomic E-state index is 4.34. The monoisotopic (exact) mass is 247 g/mol. The predicted molar refractivity (Wildman–Crippen MR) is 71.2 cm³/mol. The maximum Gasteiger partial charge on any atom is 0.0797 e. The van der Waals surface area contributed by atoms with Crippen molar-refractivity contribution < 1.29 is 0 Å². The van der Waals surface area contributed by atoms with Crippen molar-refractivity contribution in [3.8, 4) is 0 Å². The molecule has 2 heterocycles. The van der Waals surface area contributed by atoms with Gasteiger partial charge in [0.2, 0.25) is 0 Å². The molecule has 3 nitrogen and oxygen atoms in total. The van der Waals surface area contributed by atoms with E-state index in [4.69, 9.17) is 0 Å². The second kappa shape index (κ2) is 5.89. The van der Waals surface area contributed by atoms with Crippen molar-refractivity contribution in [2.75, 3.05) is 6.54 Å². The molecule has 1 N–H and O–H groups in total. The molecule has 0 amide bonds. The fraction of sp³-hybridized carbons (Fsp3) is 0.385. The Morgan fingerprint density at radius 2 is 2.24 bits per heavy atom. The molecule has 0 aliphatic rings. The molecule has 0 saturated carbocycles. The SMILES string of the molecule is Cc1ncsc1CCN[C@@H](C)c1ccccn1. The molecule has 2 rings (SSSR count). The largest absolute Gasteiger partial charge is 0.308 e. The second-order valence-electron chi connectivity index (χ2n) is 4.04. The standard InChI is InChI=1S/C13H17N3S/c1-10(12-5-3-4-7-15-12)14-8-6-13-11(2)16-9-17-13/h3-5,7,9-10,14H,6,8H2,1-2H3/t10-/m0/s1. The Morgan fingerprint density at radius 1 is 1.35 bits per heavy atom. The lowest BCUT2D eigenvalue weighted by Crippen LogP contribution is -2.22. The van der Waals surface area contributed by atoms with Gasteiger partial charge in [0.25, 0.3) is 0 Å². The number of nitrogens with zero attached hydrogens (tertiary/aromatic N) is 2. The highest BCUT2D eigenvalue weighted by atomic mass is 32.1. The first-order chi connectivity index (χ1) is 8.27. The van der Waals surface area contributed by atoms with E-state index in [2.05, 4.69) is 35.2 Å². The quantitative estimate of drug-likeness (QED) is 0.883. The molecule has 2 aromatic heterocycles. The van der Waals surface area contributed by atoms with Gasteiger partial charge in [-0.15, -0.1) is 11.3 Å². The van der Waals surface area contributed by atoms with Crippen LogP contribution in [0.15, 0.2) is 29.9 Å². The van der Waals surface area contributed by atoms with Crippen molar-refractivity contribution in [3.63, 3.8) is 0 Å². The Bertz CT molecular complexity index is 453. The number of aromatic nitrogens is 2. The molecule has 0 aliphatic carbocycles. The first kappa shape index (κ1) is 12.2. The molecule has 0 spiro atoms. The summed E-state index contributed by atoms with van der Waals surface area (Å²) < 4.78 is 0. The van der Waals surface area contributed by atoms with Gasteiger partial charge < -0.3 is 5.32 Å². The van der Waals surface area contributed by atoms with E-state index in [0.717, 1.165) is 24.4 Å². The van der Waals surface area contributed by atoms with E-state index < -0.39 is 0 Å². The van der Waals surface area contributed by atoms with Crippen molar-refractivity contribution in [1.82, 2.24) is 15.3 Å². The van der Waals surface area contributed by atoms with Gasteiger partial charge >= 0.3 is 0 Å². The number of nitrogens with one attached hydrogen (secondary N) is 1. The lowest BCUT2D eigenvalue weighted by Gasteiger charge is -2.12. The number of hydrogen-bond donors (Lipinski definition) is 1. The van der Waals surface area contributed by atoms with Gasteiger partial charge in [0, 0.05) is 23.7 Å². The van der Waals surface area contributed by atoms with Gasteiger partial charge in [-0.05, 0) is 32.4 Å². The summed E-state index contributed by atoms with van der Waals surface area (Å²) >= 11 is 1.73. The van der Waals surface area contributed by atoms with Crippen molar-refractivity contribution in [1.29, 1.82) is 0 Å². The van der Waals surface area contributed by atoms with Crippen LogP contribution in [0.3, 0.4) is 0 Å². The van der Waals surface area contributed by atoms with Gasteiger partial charge in [-0.2, -0.15) is 0 Å². The van der Waals surface area contributed by atoms with Gasteiger partial charge in [-0.25, -0.2) is 4.98 Å². The minimum Gasteiger partial charge on any atom is -0.308 e. The third kappa shape index (κ3) is 3.35. The number of aryl methyl sites for hydroxylation is 1. The molecule has 0 fully saturated rings. The summed E-state index contributed by atoms with van der Waals surface area (Å²) in [5, 5.41) is 3.48. The van der Waals surface area contributed by atoms with Gasteiger partial charge in [-0.3, -0.25) is 4.98 Å². The van der Waals surface area contributed by atoms with Crippen LogP contribution in [0.5, 0.6) is 0 Å². The molecule has 4 heteroatoms. The van der Waals surface area contributed by atoms with Crippen LogP contribution < -0.4 is 5.32 Å². The topological polar surface area (TPSA) is 37.8 Å². The smallest absolute Gasteiger partial charge is 0.0797 e. The molecular weight excluding hydrogens is 230 g/mol. The Labute approximate surface area is 106 Å². The molecule has 0 aliphatic heterocycles. The fourth-order valence-electron chi connectivity index (χ4n) is 1.71. The molecule has 0 unspecified atom stereocenters. The zero-order valence-corrected chi connectivity index (χ0v) is 11.0. The Morgan fingerprint density at radius 3 is 2.88 bits per heavy atom. The number of pyridine rings is 1. The van der Waals surface area contributed by atoms with Crippen LogP contribution >= 0.6 is 11.3 Å². The van der Waals surface area contributed by atoms with Gasteiger partial charge in [0.05, 0.1) is 16.9 Å². The number of rotatable bonds is 5. The molecule has 90 valence electrons. The molecule has 1 atom stereocenters. The molecule has 2 aromatic rings. The average Bonchev–Trinajstić information content (AvgIpc) is 2.76. The molecule has 0 saturated heterocycles. The highest BCUT2D eigenvalue weighted by Crippen LogP contribution is 2.13. The summed E-state index contributed by atoms with van der Waals surface area (Å²) in [5.41, 5.74) is 4.16. The van der Waals surface area contributed by atoms with Crippen LogP contribution in [0, 0.1) is 6.92 Å². The number of thiazole rings is 1. The first-order valence-electron chi connectivity index (χ1n) is 5.80. The fourth-order valence-corrected chi connectivity index (χ4v) is 2.49. The van der Waals surface area contributed by atoms with E-state index >= 15 is 0 Å². The summed E-state index contributed by atoms with van der Waals surface area (Å²) in [6.07, 6.45) is 2.87. The second-order valence-corrected chi connectivity index (χ2v) is 4.98. The van der Waals surface area contributed by atoms with E-state index in [0.29, 0.717) is 6.04 Å². The molecule has 0 bridgehead atoms. The van der Waals surface area contributed by atoms with E-state index in [1.54, 1.807) is 11.3 Å². The van der Waals surface area contributed by atoms with Crippen LogP contribution in [0.1, 0.15) is 29.2 Å².